The van der Waals surface area contributed by atoms with Gasteiger partial charge in [0.2, 0.25) is 5.91 Å². The molecule has 1 amide bonds. The van der Waals surface area contributed by atoms with Crippen LogP contribution in [0.2, 0.25) is 0 Å². The Morgan fingerprint density at radius 1 is 1.09 bits per heavy atom. The first-order valence-corrected chi connectivity index (χ1v) is 11.8. The van der Waals surface area contributed by atoms with Gasteiger partial charge in [0.05, 0.1) is 23.1 Å². The van der Waals surface area contributed by atoms with Crippen molar-refractivity contribution in [3.63, 3.8) is 0 Å². The Morgan fingerprint density at radius 2 is 1.84 bits per heavy atom. The van der Waals surface area contributed by atoms with E-state index >= 15 is 0 Å². The molecule has 3 aromatic rings. The van der Waals surface area contributed by atoms with Gasteiger partial charge in [-0.15, -0.1) is 10.2 Å². The van der Waals surface area contributed by atoms with Crippen molar-refractivity contribution in [3.05, 3.63) is 71.5 Å². The molecule has 0 saturated carbocycles. The number of nitriles is 1. The molecule has 2 aromatic carbocycles. The van der Waals surface area contributed by atoms with Crippen LogP contribution in [0.3, 0.4) is 0 Å². The molecular weight excluding hydrogens is 420 g/mol. The number of nitrogens with zero attached hydrogens (tertiary/aromatic N) is 6. The molecule has 2 heterocycles. The van der Waals surface area contributed by atoms with Gasteiger partial charge in [-0.1, -0.05) is 49.0 Å². The van der Waals surface area contributed by atoms with Gasteiger partial charge in [-0.2, -0.15) is 5.26 Å². The highest BCUT2D eigenvalue weighted by Gasteiger charge is 2.22. The minimum atomic E-state index is 0.131. The zero-order chi connectivity index (χ0) is 22.3. The van der Waals surface area contributed by atoms with E-state index in [0.717, 1.165) is 50.0 Å². The van der Waals surface area contributed by atoms with Crippen LogP contribution < -0.4 is 0 Å². The molecule has 0 unspecified atom stereocenters. The standard InChI is InChI=1S/C24H26N6OS/c1-2-21-5-3-4-6-22(21)30-18-26-27-24(30)32-17-23(31)29-13-11-28(12-14-29)16-20-9-7-19(15-25)8-10-20/h3-10,18H,2,11-14,16-17H2,1H3. The number of thioether (sulfide) groups is 1. The third kappa shape index (κ3) is 5.18. The lowest BCUT2D eigenvalue weighted by Crippen LogP contribution is -2.48. The lowest BCUT2D eigenvalue weighted by Gasteiger charge is -2.34. The fourth-order valence-electron chi connectivity index (χ4n) is 3.85. The number of amides is 1. The molecule has 7 nitrogen and oxygen atoms in total. The summed E-state index contributed by atoms with van der Waals surface area (Å²) in [5.74, 6) is 0.481. The summed E-state index contributed by atoms with van der Waals surface area (Å²) in [5, 5.41) is 18.0. The number of piperazine rings is 1. The summed E-state index contributed by atoms with van der Waals surface area (Å²) in [7, 11) is 0. The Kier molecular flexibility index (Phi) is 7.20. The number of rotatable bonds is 7. The molecule has 1 fully saturated rings. The van der Waals surface area contributed by atoms with E-state index in [1.165, 1.54) is 22.9 Å². The molecule has 0 N–H and O–H groups in total. The molecular formula is C24H26N6OS. The van der Waals surface area contributed by atoms with E-state index < -0.39 is 0 Å². The molecule has 1 aliphatic rings. The maximum absolute atomic E-state index is 12.8. The van der Waals surface area contributed by atoms with Crippen molar-refractivity contribution in [3.8, 4) is 11.8 Å². The molecule has 1 aromatic heterocycles. The maximum atomic E-state index is 12.8. The molecule has 0 atom stereocenters. The lowest BCUT2D eigenvalue weighted by molar-refractivity contribution is -0.130. The minimum Gasteiger partial charge on any atom is -0.339 e. The number of aromatic nitrogens is 3. The Labute approximate surface area is 192 Å². The van der Waals surface area contributed by atoms with Crippen LogP contribution in [0.5, 0.6) is 0 Å². The SMILES string of the molecule is CCc1ccccc1-n1cnnc1SCC(=O)N1CCN(Cc2ccc(C#N)cc2)CC1. The normalized spacial score (nSPS) is 14.3. The van der Waals surface area contributed by atoms with Gasteiger partial charge in [-0.3, -0.25) is 14.3 Å². The number of carbonyl (C=O) groups is 1. The van der Waals surface area contributed by atoms with Crippen molar-refractivity contribution < 1.29 is 4.79 Å². The van der Waals surface area contributed by atoms with E-state index in [0.29, 0.717) is 11.3 Å². The Morgan fingerprint density at radius 3 is 2.56 bits per heavy atom. The van der Waals surface area contributed by atoms with Crippen LogP contribution in [0.15, 0.2) is 60.0 Å². The number of carbonyl (C=O) groups excluding carboxylic acids is 1. The van der Waals surface area contributed by atoms with E-state index in [1.807, 2.05) is 45.9 Å². The van der Waals surface area contributed by atoms with Gasteiger partial charge in [0, 0.05) is 32.7 Å². The zero-order valence-electron chi connectivity index (χ0n) is 18.1. The van der Waals surface area contributed by atoms with E-state index in [9.17, 15) is 4.79 Å². The average molecular weight is 447 g/mol. The number of aryl methyl sites for hydroxylation is 1. The van der Waals surface area contributed by atoms with Gasteiger partial charge in [0.25, 0.3) is 0 Å². The second-order valence-corrected chi connectivity index (χ2v) is 8.66. The maximum Gasteiger partial charge on any atom is 0.233 e. The van der Waals surface area contributed by atoms with Crippen molar-refractivity contribution in [2.45, 2.75) is 25.0 Å². The van der Waals surface area contributed by atoms with Crippen molar-refractivity contribution in [1.29, 1.82) is 5.26 Å². The van der Waals surface area contributed by atoms with Gasteiger partial charge >= 0.3 is 0 Å². The highest BCUT2D eigenvalue weighted by atomic mass is 32.2. The van der Waals surface area contributed by atoms with Crippen molar-refractivity contribution in [2.75, 3.05) is 31.9 Å². The highest BCUT2D eigenvalue weighted by molar-refractivity contribution is 7.99. The number of benzene rings is 2. The molecule has 0 aliphatic carbocycles. The molecule has 164 valence electrons. The first-order chi connectivity index (χ1) is 15.7. The first-order valence-electron chi connectivity index (χ1n) is 10.8. The summed E-state index contributed by atoms with van der Waals surface area (Å²) in [6, 6.07) is 18.0. The summed E-state index contributed by atoms with van der Waals surface area (Å²) in [6.07, 6.45) is 2.63. The van der Waals surface area contributed by atoms with E-state index in [1.54, 1.807) is 6.33 Å². The van der Waals surface area contributed by atoms with Crippen LogP contribution in [-0.4, -0.2) is 62.4 Å². The monoisotopic (exact) mass is 446 g/mol. The Hall–Kier alpha value is -3.15. The van der Waals surface area contributed by atoms with Gasteiger partial charge in [0.15, 0.2) is 5.16 Å². The Balaban J connectivity index is 1.29. The van der Waals surface area contributed by atoms with Crippen LogP contribution in [0, 0.1) is 11.3 Å². The minimum absolute atomic E-state index is 0.131. The highest BCUT2D eigenvalue weighted by Crippen LogP contribution is 2.23. The largest absolute Gasteiger partial charge is 0.339 e. The summed E-state index contributed by atoms with van der Waals surface area (Å²) in [5.41, 5.74) is 4.15. The number of hydrogen-bond acceptors (Lipinski definition) is 6. The first kappa shape index (κ1) is 22.1. The molecule has 1 aliphatic heterocycles. The fourth-order valence-corrected chi connectivity index (χ4v) is 4.67. The lowest BCUT2D eigenvalue weighted by atomic mass is 10.1. The molecule has 1 saturated heterocycles. The van der Waals surface area contributed by atoms with Gasteiger partial charge in [0.1, 0.15) is 6.33 Å². The van der Waals surface area contributed by atoms with Crippen molar-refractivity contribution in [2.24, 2.45) is 0 Å². The summed E-state index contributed by atoms with van der Waals surface area (Å²) >= 11 is 1.43. The van der Waals surface area contributed by atoms with Crippen LogP contribution in [0.4, 0.5) is 0 Å². The molecule has 0 bridgehead atoms. The summed E-state index contributed by atoms with van der Waals surface area (Å²) in [6.45, 7) is 6.10. The average Bonchev–Trinajstić information content (AvgIpc) is 3.32. The van der Waals surface area contributed by atoms with Crippen LogP contribution in [-0.2, 0) is 17.8 Å². The van der Waals surface area contributed by atoms with Crippen molar-refractivity contribution >= 4 is 17.7 Å². The molecule has 8 heteroatoms. The zero-order valence-corrected chi connectivity index (χ0v) is 19.0. The Bertz CT molecular complexity index is 1100. The molecule has 0 radical (unpaired) electrons. The fraction of sp³-hybridized carbons (Fsp3) is 0.333. The summed E-state index contributed by atoms with van der Waals surface area (Å²) in [4.78, 5) is 17.1. The van der Waals surface area contributed by atoms with E-state index in [2.05, 4.69) is 40.2 Å². The van der Waals surface area contributed by atoms with Crippen LogP contribution in [0.25, 0.3) is 5.69 Å². The van der Waals surface area contributed by atoms with E-state index in [4.69, 9.17) is 5.26 Å². The third-order valence-electron chi connectivity index (χ3n) is 5.69. The smallest absolute Gasteiger partial charge is 0.233 e. The number of para-hydroxylation sites is 1. The summed E-state index contributed by atoms with van der Waals surface area (Å²) < 4.78 is 1.96. The van der Waals surface area contributed by atoms with Gasteiger partial charge in [-0.25, -0.2) is 0 Å². The topological polar surface area (TPSA) is 78.1 Å². The predicted octanol–water partition coefficient (Wildman–Crippen LogP) is 3.14. The quantitative estimate of drug-likeness (QED) is 0.519. The third-order valence-corrected chi connectivity index (χ3v) is 6.62. The predicted molar refractivity (Wildman–Crippen MR) is 124 cm³/mol. The number of hydrogen-bond donors (Lipinski definition) is 0. The van der Waals surface area contributed by atoms with Gasteiger partial charge in [-0.05, 0) is 35.7 Å². The molecule has 0 spiro atoms. The van der Waals surface area contributed by atoms with Crippen molar-refractivity contribution in [1.82, 2.24) is 24.6 Å². The molecule has 32 heavy (non-hydrogen) atoms. The van der Waals surface area contributed by atoms with Crippen LogP contribution >= 0.6 is 11.8 Å². The second-order valence-electron chi connectivity index (χ2n) is 7.72. The van der Waals surface area contributed by atoms with E-state index in [-0.39, 0.29) is 5.91 Å². The molecule has 4 rings (SSSR count). The van der Waals surface area contributed by atoms with Gasteiger partial charge < -0.3 is 4.90 Å². The van der Waals surface area contributed by atoms with Crippen LogP contribution in [0.1, 0.15) is 23.6 Å². The second kappa shape index (κ2) is 10.4.